The molecule has 7 nitrogen and oxygen atoms in total. The molecular weight excluding hydrogens is 356 g/mol. The summed E-state index contributed by atoms with van der Waals surface area (Å²) in [6.45, 7) is 1.83. The van der Waals surface area contributed by atoms with E-state index in [9.17, 15) is 14.9 Å². The van der Waals surface area contributed by atoms with Crippen LogP contribution in [0.5, 0.6) is 0 Å². The van der Waals surface area contributed by atoms with E-state index in [1.807, 2.05) is 49.4 Å². The standard InChI is InChI=1S/C21H18N4O3/c1-13(21-23-18-10-9-16(25(27)28)12-19(18)24-21)22-20(26)11-15-7-4-6-14-5-2-3-8-17(14)15/h2-10,12-13H,11H2,1H3,(H,22,26)(H,23,24). The van der Waals surface area contributed by atoms with Gasteiger partial charge in [0, 0.05) is 12.1 Å². The van der Waals surface area contributed by atoms with Crippen LogP contribution in [0.2, 0.25) is 0 Å². The summed E-state index contributed by atoms with van der Waals surface area (Å²) < 4.78 is 0. The Bertz CT molecular complexity index is 1190. The second-order valence-electron chi connectivity index (χ2n) is 6.68. The predicted molar refractivity (Wildman–Crippen MR) is 107 cm³/mol. The van der Waals surface area contributed by atoms with Crippen molar-refractivity contribution >= 4 is 33.4 Å². The quantitative estimate of drug-likeness (QED) is 0.406. The van der Waals surface area contributed by atoms with E-state index in [4.69, 9.17) is 0 Å². The monoisotopic (exact) mass is 374 g/mol. The van der Waals surface area contributed by atoms with E-state index in [2.05, 4.69) is 15.3 Å². The number of H-pyrrole nitrogens is 1. The van der Waals surface area contributed by atoms with Gasteiger partial charge in [-0.15, -0.1) is 0 Å². The normalized spacial score (nSPS) is 12.2. The Hall–Kier alpha value is -3.74. The van der Waals surface area contributed by atoms with Crippen LogP contribution in [0.4, 0.5) is 5.69 Å². The number of non-ortho nitro benzene ring substituents is 1. The van der Waals surface area contributed by atoms with Gasteiger partial charge in [-0.2, -0.15) is 0 Å². The molecule has 0 aliphatic rings. The number of carbonyl (C=O) groups is 1. The number of hydrogen-bond donors (Lipinski definition) is 2. The molecule has 0 saturated carbocycles. The second-order valence-corrected chi connectivity index (χ2v) is 6.68. The van der Waals surface area contributed by atoms with Gasteiger partial charge in [-0.1, -0.05) is 42.5 Å². The van der Waals surface area contributed by atoms with Crippen molar-refractivity contribution in [3.63, 3.8) is 0 Å². The first-order valence-corrected chi connectivity index (χ1v) is 8.91. The smallest absolute Gasteiger partial charge is 0.271 e. The zero-order valence-corrected chi connectivity index (χ0v) is 15.2. The Balaban J connectivity index is 1.51. The highest BCUT2D eigenvalue weighted by Gasteiger charge is 2.16. The van der Waals surface area contributed by atoms with Crippen LogP contribution in [0, 0.1) is 10.1 Å². The van der Waals surface area contributed by atoms with Crippen LogP contribution in [0.1, 0.15) is 24.4 Å². The molecule has 0 bridgehead atoms. The number of nitrogens with one attached hydrogen (secondary N) is 2. The van der Waals surface area contributed by atoms with Gasteiger partial charge >= 0.3 is 0 Å². The topological polar surface area (TPSA) is 101 Å². The first kappa shape index (κ1) is 17.7. The Labute approximate surface area is 160 Å². The molecule has 0 aliphatic heterocycles. The molecule has 1 atom stereocenters. The van der Waals surface area contributed by atoms with E-state index < -0.39 is 4.92 Å². The molecule has 140 valence electrons. The van der Waals surface area contributed by atoms with Gasteiger partial charge in [-0.05, 0) is 29.3 Å². The highest BCUT2D eigenvalue weighted by Crippen LogP contribution is 2.22. The molecule has 3 aromatic carbocycles. The summed E-state index contributed by atoms with van der Waals surface area (Å²) in [7, 11) is 0. The summed E-state index contributed by atoms with van der Waals surface area (Å²) >= 11 is 0. The number of aromatic nitrogens is 2. The first-order chi connectivity index (χ1) is 13.5. The lowest BCUT2D eigenvalue weighted by Crippen LogP contribution is -2.28. The fraction of sp³-hybridized carbons (Fsp3) is 0.143. The van der Waals surface area contributed by atoms with Crippen LogP contribution in [0.3, 0.4) is 0 Å². The van der Waals surface area contributed by atoms with Crippen LogP contribution in [-0.2, 0) is 11.2 Å². The van der Waals surface area contributed by atoms with Gasteiger partial charge in [0.1, 0.15) is 5.82 Å². The van der Waals surface area contributed by atoms with Crippen molar-refractivity contribution in [1.82, 2.24) is 15.3 Å². The van der Waals surface area contributed by atoms with Gasteiger partial charge < -0.3 is 10.3 Å². The fourth-order valence-corrected chi connectivity index (χ4v) is 3.32. The number of nitrogens with zero attached hydrogens (tertiary/aromatic N) is 2. The zero-order chi connectivity index (χ0) is 19.7. The number of aromatic amines is 1. The molecule has 1 heterocycles. The van der Waals surface area contributed by atoms with E-state index in [1.54, 1.807) is 6.07 Å². The SMILES string of the molecule is CC(NC(=O)Cc1cccc2ccccc12)c1nc2ccc([N+](=O)[O-])cc2[nH]1. The number of amides is 1. The maximum Gasteiger partial charge on any atom is 0.271 e. The highest BCUT2D eigenvalue weighted by molar-refractivity contribution is 5.90. The summed E-state index contributed by atoms with van der Waals surface area (Å²) in [5.41, 5.74) is 2.15. The van der Waals surface area contributed by atoms with E-state index in [-0.39, 0.29) is 24.1 Å². The predicted octanol–water partition coefficient (Wildman–Crippen LogP) is 4.04. The number of nitro groups is 1. The maximum atomic E-state index is 12.6. The summed E-state index contributed by atoms with van der Waals surface area (Å²) in [5, 5.41) is 16.0. The van der Waals surface area contributed by atoms with E-state index in [1.165, 1.54) is 12.1 Å². The van der Waals surface area contributed by atoms with Gasteiger partial charge in [-0.25, -0.2) is 4.98 Å². The summed E-state index contributed by atoms with van der Waals surface area (Å²) in [4.78, 5) is 30.5. The molecule has 0 fully saturated rings. The van der Waals surface area contributed by atoms with Crippen LogP contribution < -0.4 is 5.32 Å². The number of benzene rings is 3. The molecule has 1 aromatic heterocycles. The minimum Gasteiger partial charge on any atom is -0.346 e. The largest absolute Gasteiger partial charge is 0.346 e. The number of carbonyl (C=O) groups excluding carboxylic acids is 1. The average molecular weight is 374 g/mol. The molecular formula is C21H18N4O3. The van der Waals surface area contributed by atoms with E-state index in [0.29, 0.717) is 16.9 Å². The Kier molecular flexibility index (Phi) is 4.49. The first-order valence-electron chi connectivity index (χ1n) is 8.91. The lowest BCUT2D eigenvalue weighted by atomic mass is 10.0. The van der Waals surface area contributed by atoms with Crippen LogP contribution in [0.15, 0.2) is 60.7 Å². The number of hydrogen-bond acceptors (Lipinski definition) is 4. The molecule has 4 aromatic rings. The average Bonchev–Trinajstić information content (AvgIpc) is 3.11. The van der Waals surface area contributed by atoms with Crippen molar-refractivity contribution in [1.29, 1.82) is 0 Å². The maximum absolute atomic E-state index is 12.6. The minimum absolute atomic E-state index is 0.00431. The Morgan fingerprint density at radius 3 is 2.79 bits per heavy atom. The molecule has 0 spiro atoms. The van der Waals surface area contributed by atoms with Gasteiger partial charge in [0.2, 0.25) is 5.91 Å². The van der Waals surface area contributed by atoms with E-state index in [0.717, 1.165) is 16.3 Å². The van der Waals surface area contributed by atoms with Crippen molar-refractivity contribution in [2.24, 2.45) is 0 Å². The van der Waals surface area contributed by atoms with Crippen molar-refractivity contribution in [2.45, 2.75) is 19.4 Å². The van der Waals surface area contributed by atoms with Gasteiger partial charge in [0.25, 0.3) is 5.69 Å². The molecule has 7 heteroatoms. The summed E-state index contributed by atoms with van der Waals surface area (Å²) in [6, 6.07) is 18.0. The number of imidazole rings is 1. The number of nitro benzene ring substituents is 1. The molecule has 0 aliphatic carbocycles. The molecule has 0 radical (unpaired) electrons. The van der Waals surface area contributed by atoms with Crippen molar-refractivity contribution in [3.05, 3.63) is 82.2 Å². The third-order valence-corrected chi connectivity index (χ3v) is 4.71. The van der Waals surface area contributed by atoms with E-state index >= 15 is 0 Å². The molecule has 4 rings (SSSR count). The molecule has 0 saturated heterocycles. The number of rotatable bonds is 5. The van der Waals surface area contributed by atoms with Gasteiger partial charge in [-0.3, -0.25) is 14.9 Å². The summed E-state index contributed by atoms with van der Waals surface area (Å²) in [5.74, 6) is 0.442. The van der Waals surface area contributed by atoms with Crippen LogP contribution in [-0.4, -0.2) is 20.8 Å². The fourth-order valence-electron chi connectivity index (χ4n) is 3.32. The minimum atomic E-state index is -0.449. The van der Waals surface area contributed by atoms with Gasteiger partial charge in [0.05, 0.1) is 28.4 Å². The lowest BCUT2D eigenvalue weighted by Gasteiger charge is -2.12. The zero-order valence-electron chi connectivity index (χ0n) is 15.2. The molecule has 2 N–H and O–H groups in total. The van der Waals surface area contributed by atoms with Crippen molar-refractivity contribution in [3.8, 4) is 0 Å². The van der Waals surface area contributed by atoms with Crippen LogP contribution >= 0.6 is 0 Å². The number of fused-ring (bicyclic) bond motifs is 2. The van der Waals surface area contributed by atoms with Crippen molar-refractivity contribution in [2.75, 3.05) is 0 Å². The van der Waals surface area contributed by atoms with Crippen LogP contribution in [0.25, 0.3) is 21.8 Å². The molecule has 1 amide bonds. The van der Waals surface area contributed by atoms with Gasteiger partial charge in [0.15, 0.2) is 0 Å². The third kappa shape index (κ3) is 3.42. The van der Waals surface area contributed by atoms with Crippen molar-refractivity contribution < 1.29 is 9.72 Å². The second kappa shape index (κ2) is 7.11. The Morgan fingerprint density at radius 1 is 1.18 bits per heavy atom. The summed E-state index contributed by atoms with van der Waals surface area (Å²) in [6.07, 6.45) is 0.261. The highest BCUT2D eigenvalue weighted by atomic mass is 16.6. The molecule has 28 heavy (non-hydrogen) atoms. The Morgan fingerprint density at radius 2 is 1.96 bits per heavy atom. The lowest BCUT2D eigenvalue weighted by molar-refractivity contribution is -0.384. The molecule has 1 unspecified atom stereocenters. The third-order valence-electron chi connectivity index (χ3n) is 4.71.